The second kappa shape index (κ2) is 6.55. The maximum Gasteiger partial charge on any atom is 0.249 e. The number of amides is 1. The smallest absolute Gasteiger partial charge is 0.249 e. The third-order valence-corrected chi connectivity index (χ3v) is 5.13. The van der Waals surface area contributed by atoms with Crippen LogP contribution in [0.5, 0.6) is 0 Å². The monoisotopic (exact) mass is 347 g/mol. The van der Waals surface area contributed by atoms with E-state index in [1.807, 2.05) is 49.9 Å². The van der Waals surface area contributed by atoms with Gasteiger partial charge in [-0.1, -0.05) is 35.0 Å². The maximum atomic E-state index is 12.7. The van der Waals surface area contributed by atoms with Crippen molar-refractivity contribution < 1.29 is 9.32 Å². The molecule has 1 aliphatic rings. The largest absolute Gasteiger partial charge is 0.337 e. The Labute approximate surface area is 147 Å². The summed E-state index contributed by atoms with van der Waals surface area (Å²) in [5, 5.41) is 4.09. The molecule has 1 atom stereocenters. The van der Waals surface area contributed by atoms with E-state index < -0.39 is 5.41 Å². The van der Waals surface area contributed by atoms with Gasteiger partial charge in [-0.2, -0.15) is 4.98 Å². The predicted molar refractivity (Wildman–Crippen MR) is 92.7 cm³/mol. The molecular weight excluding hydrogens is 326 g/mol. The van der Waals surface area contributed by atoms with Crippen LogP contribution in [0.25, 0.3) is 11.4 Å². The Bertz CT molecular complexity index is 724. The first-order valence-corrected chi connectivity index (χ1v) is 8.73. The first kappa shape index (κ1) is 17.0. The average molecular weight is 348 g/mol. The number of aromatic nitrogens is 2. The highest BCUT2D eigenvalue weighted by Crippen LogP contribution is 2.35. The third kappa shape index (κ3) is 3.18. The summed E-state index contributed by atoms with van der Waals surface area (Å²) in [5.74, 6) is 1.38. The molecule has 1 unspecified atom stereocenters. The van der Waals surface area contributed by atoms with Crippen molar-refractivity contribution in [1.82, 2.24) is 15.0 Å². The van der Waals surface area contributed by atoms with Crippen molar-refractivity contribution in [3.8, 4) is 11.4 Å². The first-order chi connectivity index (χ1) is 11.4. The van der Waals surface area contributed by atoms with Gasteiger partial charge in [0, 0.05) is 18.0 Å². The third-order valence-electron chi connectivity index (χ3n) is 4.46. The molecular formula is C18H22ClN3O2. The van der Waals surface area contributed by atoms with Gasteiger partial charge < -0.3 is 9.42 Å². The molecule has 0 radical (unpaired) electrons. The molecule has 1 aromatic carbocycles. The summed E-state index contributed by atoms with van der Waals surface area (Å²) in [6.07, 6.45) is 1.76. The summed E-state index contributed by atoms with van der Waals surface area (Å²) in [4.78, 5) is 19.1. The van der Waals surface area contributed by atoms with Crippen molar-refractivity contribution in [2.45, 2.75) is 39.7 Å². The van der Waals surface area contributed by atoms with Crippen LogP contribution in [-0.2, 0) is 4.79 Å². The quantitative estimate of drug-likeness (QED) is 0.785. The topological polar surface area (TPSA) is 59.2 Å². The highest BCUT2D eigenvalue weighted by atomic mass is 35.5. The normalized spacial score (nSPS) is 18.2. The van der Waals surface area contributed by atoms with Crippen molar-refractivity contribution in [2.24, 2.45) is 5.41 Å². The van der Waals surface area contributed by atoms with Gasteiger partial charge in [-0.15, -0.1) is 11.6 Å². The van der Waals surface area contributed by atoms with Crippen LogP contribution in [0, 0.1) is 12.3 Å². The fourth-order valence-electron chi connectivity index (χ4n) is 2.90. The molecule has 0 bridgehead atoms. The molecule has 3 rings (SSSR count). The molecule has 1 fully saturated rings. The molecule has 2 heterocycles. The number of halogens is 1. The molecule has 6 heteroatoms. The number of nitrogens with zero attached hydrogens (tertiary/aromatic N) is 3. The molecule has 1 saturated heterocycles. The number of carbonyl (C=O) groups is 1. The second-order valence-corrected chi connectivity index (χ2v) is 7.26. The van der Waals surface area contributed by atoms with Gasteiger partial charge in [0.05, 0.1) is 5.41 Å². The number of carbonyl (C=O) groups excluding carboxylic acids is 1. The lowest BCUT2D eigenvalue weighted by Crippen LogP contribution is -2.41. The molecule has 0 N–H and O–H groups in total. The SMILES string of the molecule is Cc1ccc(-c2noc(C3CCCN3C(=O)C(C)(C)CCl)n2)cc1. The number of hydrogen-bond donors (Lipinski definition) is 0. The van der Waals surface area contributed by atoms with Crippen molar-refractivity contribution >= 4 is 17.5 Å². The van der Waals surface area contributed by atoms with E-state index in [1.165, 1.54) is 5.56 Å². The first-order valence-electron chi connectivity index (χ1n) is 8.20. The molecule has 2 aromatic rings. The van der Waals surface area contributed by atoms with Crippen molar-refractivity contribution in [1.29, 1.82) is 0 Å². The Kier molecular flexibility index (Phi) is 4.63. The van der Waals surface area contributed by atoms with Gasteiger partial charge in [0.25, 0.3) is 0 Å². The zero-order valence-electron chi connectivity index (χ0n) is 14.3. The summed E-state index contributed by atoms with van der Waals surface area (Å²) in [5.41, 5.74) is 1.50. The van der Waals surface area contributed by atoms with E-state index in [9.17, 15) is 4.79 Å². The lowest BCUT2D eigenvalue weighted by atomic mass is 9.94. The number of likely N-dealkylation sites (tertiary alicyclic amines) is 1. The molecule has 128 valence electrons. The van der Waals surface area contributed by atoms with Crippen molar-refractivity contribution in [3.05, 3.63) is 35.7 Å². The predicted octanol–water partition coefficient (Wildman–Crippen LogP) is 3.97. The lowest BCUT2D eigenvalue weighted by molar-refractivity contribution is -0.140. The summed E-state index contributed by atoms with van der Waals surface area (Å²) >= 11 is 5.96. The van der Waals surface area contributed by atoms with Crippen LogP contribution >= 0.6 is 11.6 Å². The van der Waals surface area contributed by atoms with E-state index in [2.05, 4.69) is 10.1 Å². The Morgan fingerprint density at radius 2 is 2.08 bits per heavy atom. The molecule has 0 saturated carbocycles. The zero-order chi connectivity index (χ0) is 17.3. The Hall–Kier alpha value is -1.88. The molecule has 24 heavy (non-hydrogen) atoms. The van der Waals surface area contributed by atoms with Crippen LogP contribution in [0.2, 0.25) is 0 Å². The molecule has 0 aliphatic carbocycles. The molecule has 1 aromatic heterocycles. The van der Waals surface area contributed by atoms with Crippen molar-refractivity contribution in [3.63, 3.8) is 0 Å². The summed E-state index contributed by atoms with van der Waals surface area (Å²) in [6.45, 7) is 6.46. The van der Waals surface area contributed by atoms with E-state index in [4.69, 9.17) is 16.1 Å². The van der Waals surface area contributed by atoms with Gasteiger partial charge in [0.2, 0.25) is 17.6 Å². The van der Waals surface area contributed by atoms with Gasteiger partial charge in [-0.05, 0) is 33.6 Å². The average Bonchev–Trinajstić information content (AvgIpc) is 3.23. The van der Waals surface area contributed by atoms with Gasteiger partial charge in [-0.25, -0.2) is 0 Å². The number of aryl methyl sites for hydroxylation is 1. The van der Waals surface area contributed by atoms with E-state index in [0.29, 0.717) is 18.3 Å². The molecule has 5 nitrogen and oxygen atoms in total. The highest BCUT2D eigenvalue weighted by Gasteiger charge is 2.40. The van der Waals surface area contributed by atoms with Gasteiger partial charge in [-0.3, -0.25) is 4.79 Å². The van der Waals surface area contributed by atoms with Crippen LogP contribution in [-0.4, -0.2) is 33.4 Å². The van der Waals surface area contributed by atoms with E-state index in [1.54, 1.807) is 0 Å². The second-order valence-electron chi connectivity index (χ2n) is 7.00. The highest BCUT2D eigenvalue weighted by molar-refractivity contribution is 6.19. The van der Waals surface area contributed by atoms with Crippen LogP contribution < -0.4 is 0 Å². The Balaban J connectivity index is 1.83. The standard InChI is InChI=1S/C18H22ClN3O2/c1-12-6-8-13(9-7-12)15-20-16(24-21-15)14-5-4-10-22(14)17(23)18(2,3)11-19/h6-9,14H,4-5,10-11H2,1-3H3. The Morgan fingerprint density at radius 3 is 2.75 bits per heavy atom. The van der Waals surface area contributed by atoms with Crippen LogP contribution in [0.4, 0.5) is 0 Å². The minimum absolute atomic E-state index is 0.0371. The molecule has 1 aliphatic heterocycles. The van der Waals surface area contributed by atoms with Crippen LogP contribution in [0.1, 0.15) is 44.2 Å². The van der Waals surface area contributed by atoms with Gasteiger partial charge in [0.1, 0.15) is 6.04 Å². The van der Waals surface area contributed by atoms with Crippen LogP contribution in [0.15, 0.2) is 28.8 Å². The minimum Gasteiger partial charge on any atom is -0.337 e. The fourth-order valence-corrected chi connectivity index (χ4v) is 3.02. The number of benzene rings is 1. The van der Waals surface area contributed by atoms with E-state index in [-0.39, 0.29) is 17.8 Å². The van der Waals surface area contributed by atoms with Crippen LogP contribution in [0.3, 0.4) is 0 Å². The summed E-state index contributed by atoms with van der Waals surface area (Å²) in [6, 6.07) is 7.81. The van der Waals surface area contributed by atoms with E-state index >= 15 is 0 Å². The number of rotatable bonds is 4. The number of alkyl halides is 1. The summed E-state index contributed by atoms with van der Waals surface area (Å²) in [7, 11) is 0. The zero-order valence-corrected chi connectivity index (χ0v) is 15.0. The van der Waals surface area contributed by atoms with Crippen molar-refractivity contribution in [2.75, 3.05) is 12.4 Å². The minimum atomic E-state index is -0.593. The van der Waals surface area contributed by atoms with Gasteiger partial charge in [0.15, 0.2) is 0 Å². The molecule has 0 spiro atoms. The molecule has 1 amide bonds. The van der Waals surface area contributed by atoms with Gasteiger partial charge >= 0.3 is 0 Å². The summed E-state index contributed by atoms with van der Waals surface area (Å²) < 4.78 is 5.47. The fraction of sp³-hybridized carbons (Fsp3) is 0.500. The lowest BCUT2D eigenvalue weighted by Gasteiger charge is -2.30. The number of hydrogen-bond acceptors (Lipinski definition) is 4. The maximum absolute atomic E-state index is 12.7. The Morgan fingerprint density at radius 1 is 1.38 bits per heavy atom. The van der Waals surface area contributed by atoms with E-state index in [0.717, 1.165) is 18.4 Å².